The van der Waals surface area contributed by atoms with Crippen LogP contribution in [0.3, 0.4) is 0 Å². The Morgan fingerprint density at radius 2 is 1.71 bits per heavy atom. The molecule has 0 N–H and O–H groups in total. The van der Waals surface area contributed by atoms with Crippen molar-refractivity contribution in [1.29, 1.82) is 0 Å². The number of hydrogen-bond donors (Lipinski definition) is 0. The molecule has 0 spiro atoms. The summed E-state index contributed by atoms with van der Waals surface area (Å²) >= 11 is 1.61. The Morgan fingerprint density at radius 1 is 0.875 bits per heavy atom. The van der Waals surface area contributed by atoms with Crippen LogP contribution in [0.1, 0.15) is 0 Å². The summed E-state index contributed by atoms with van der Waals surface area (Å²) in [5, 5.41) is 0.854. The van der Waals surface area contributed by atoms with Gasteiger partial charge in [0.25, 0.3) is 0 Å². The molecule has 2 radical (unpaired) electrons. The van der Waals surface area contributed by atoms with Gasteiger partial charge in [-0.05, 0) is 24.3 Å². The average Bonchev–Trinajstić information content (AvgIpc) is 3.25. The van der Waals surface area contributed by atoms with Gasteiger partial charge in [0.05, 0.1) is 15.8 Å². The van der Waals surface area contributed by atoms with Gasteiger partial charge < -0.3 is 4.42 Å². The highest BCUT2D eigenvalue weighted by molar-refractivity contribution is 7.21. The quantitative estimate of drug-likeness (QED) is 0.469. The van der Waals surface area contributed by atoms with Crippen molar-refractivity contribution >= 4 is 32.7 Å². The normalized spacial score (nSPS) is 11.3. The minimum atomic E-state index is 0.481. The zero-order chi connectivity index (χ0) is 15.9. The van der Waals surface area contributed by atoms with Gasteiger partial charge >= 0.3 is 0 Å². The molecule has 5 rings (SSSR count). The van der Waals surface area contributed by atoms with Gasteiger partial charge in [-0.2, -0.15) is 0 Å². The van der Waals surface area contributed by atoms with E-state index in [0.717, 1.165) is 31.9 Å². The fourth-order valence-corrected chi connectivity index (χ4v) is 3.58. The van der Waals surface area contributed by atoms with Gasteiger partial charge in [0.2, 0.25) is 5.89 Å². The third kappa shape index (κ3) is 2.10. The zero-order valence-electron chi connectivity index (χ0n) is 12.4. The molecule has 0 unspecified atom stereocenters. The van der Waals surface area contributed by atoms with Crippen LogP contribution in [0.25, 0.3) is 43.3 Å². The molecule has 5 heteroatoms. The number of para-hydroxylation sites is 3. The number of thiazole rings is 1. The first-order valence-corrected chi connectivity index (χ1v) is 8.20. The SMILES string of the molecule is [c]1nc[c]c(-c2nc3ccccc3s2)c1-c1nc2ccccc2o1. The Hall–Kier alpha value is -3.05. The summed E-state index contributed by atoms with van der Waals surface area (Å²) in [5.41, 5.74) is 3.98. The average molecular weight is 327 g/mol. The number of fused-ring (bicyclic) bond motifs is 2. The van der Waals surface area contributed by atoms with E-state index in [1.54, 1.807) is 17.5 Å². The van der Waals surface area contributed by atoms with Crippen LogP contribution in [0.5, 0.6) is 0 Å². The van der Waals surface area contributed by atoms with Crippen LogP contribution in [-0.4, -0.2) is 15.0 Å². The molecular weight excluding hydrogens is 318 g/mol. The molecule has 0 aliphatic heterocycles. The standard InChI is InChI=1S/C19H9N3OS/c1-3-7-16-14(5-1)21-18(23-16)13-11-20-10-9-12(13)19-22-15-6-2-4-8-17(15)24-19/h1-8,10H. The zero-order valence-corrected chi connectivity index (χ0v) is 13.2. The highest BCUT2D eigenvalue weighted by Crippen LogP contribution is 2.36. The summed E-state index contributed by atoms with van der Waals surface area (Å²) in [4.78, 5) is 13.3. The van der Waals surface area contributed by atoms with E-state index in [0.29, 0.717) is 11.5 Å². The van der Waals surface area contributed by atoms with Crippen molar-refractivity contribution in [2.24, 2.45) is 0 Å². The molecule has 3 heterocycles. The molecule has 0 fully saturated rings. The Balaban J connectivity index is 1.72. The fraction of sp³-hybridized carbons (Fsp3) is 0. The minimum Gasteiger partial charge on any atom is -0.436 e. The van der Waals surface area contributed by atoms with E-state index in [2.05, 4.69) is 28.3 Å². The van der Waals surface area contributed by atoms with Gasteiger partial charge in [-0.1, -0.05) is 24.3 Å². The van der Waals surface area contributed by atoms with Crippen LogP contribution in [0.15, 0.2) is 59.1 Å². The topological polar surface area (TPSA) is 51.8 Å². The number of benzene rings is 2. The molecule has 3 aromatic heterocycles. The first-order chi connectivity index (χ1) is 11.9. The molecule has 5 aromatic rings. The van der Waals surface area contributed by atoms with Crippen LogP contribution in [0.4, 0.5) is 0 Å². The predicted octanol–water partition coefficient (Wildman–Crippen LogP) is 4.77. The van der Waals surface area contributed by atoms with Gasteiger partial charge in [-0.15, -0.1) is 11.3 Å². The van der Waals surface area contributed by atoms with Gasteiger partial charge in [-0.25, -0.2) is 9.97 Å². The Morgan fingerprint density at radius 3 is 2.58 bits per heavy atom. The number of rotatable bonds is 2. The maximum absolute atomic E-state index is 5.86. The number of oxazole rings is 1. The first-order valence-electron chi connectivity index (χ1n) is 7.39. The van der Waals surface area contributed by atoms with E-state index in [9.17, 15) is 0 Å². The lowest BCUT2D eigenvalue weighted by atomic mass is 10.1. The highest BCUT2D eigenvalue weighted by Gasteiger charge is 2.17. The Bertz CT molecular complexity index is 1020. The van der Waals surface area contributed by atoms with Crippen LogP contribution in [-0.2, 0) is 0 Å². The lowest BCUT2D eigenvalue weighted by molar-refractivity contribution is 0.619. The molecule has 2 aromatic carbocycles. The molecule has 112 valence electrons. The molecule has 0 saturated heterocycles. The molecule has 4 nitrogen and oxygen atoms in total. The number of aromatic nitrogens is 3. The molecule has 0 aliphatic rings. The Kier molecular flexibility index (Phi) is 2.93. The second-order valence-electron chi connectivity index (χ2n) is 5.24. The van der Waals surface area contributed by atoms with E-state index in [1.807, 2.05) is 42.5 Å². The second-order valence-corrected chi connectivity index (χ2v) is 6.27. The van der Waals surface area contributed by atoms with Crippen LogP contribution >= 0.6 is 11.3 Å². The molecule has 0 amide bonds. The molecule has 0 aliphatic carbocycles. The summed E-state index contributed by atoms with van der Waals surface area (Å²) in [5.74, 6) is 0.481. The molecule has 0 saturated carbocycles. The van der Waals surface area contributed by atoms with Crippen molar-refractivity contribution in [1.82, 2.24) is 15.0 Å². The van der Waals surface area contributed by atoms with Crippen molar-refractivity contribution in [3.8, 4) is 22.0 Å². The number of nitrogens with zero attached hydrogens (tertiary/aromatic N) is 3. The smallest absolute Gasteiger partial charge is 0.230 e. The van der Waals surface area contributed by atoms with E-state index in [4.69, 9.17) is 9.40 Å². The monoisotopic (exact) mass is 327 g/mol. The first kappa shape index (κ1) is 13.4. The molecule has 24 heavy (non-hydrogen) atoms. The highest BCUT2D eigenvalue weighted by atomic mass is 32.1. The second kappa shape index (κ2) is 5.25. The maximum Gasteiger partial charge on any atom is 0.230 e. The van der Waals surface area contributed by atoms with Crippen molar-refractivity contribution in [3.63, 3.8) is 0 Å². The maximum atomic E-state index is 5.86. The van der Waals surface area contributed by atoms with E-state index >= 15 is 0 Å². The predicted molar refractivity (Wildman–Crippen MR) is 93.5 cm³/mol. The van der Waals surface area contributed by atoms with E-state index in [1.165, 1.54) is 0 Å². The van der Waals surface area contributed by atoms with Crippen LogP contribution in [0.2, 0.25) is 0 Å². The summed E-state index contributed by atoms with van der Waals surface area (Å²) < 4.78 is 6.99. The van der Waals surface area contributed by atoms with Crippen LogP contribution < -0.4 is 0 Å². The number of hydrogen-bond acceptors (Lipinski definition) is 5. The van der Waals surface area contributed by atoms with E-state index < -0.39 is 0 Å². The molecular formula is C19H9N3OS. The summed E-state index contributed by atoms with van der Waals surface area (Å²) in [6.45, 7) is 0. The van der Waals surface area contributed by atoms with Gasteiger partial charge in [-0.3, -0.25) is 4.98 Å². The summed E-state index contributed by atoms with van der Waals surface area (Å²) in [6, 6.07) is 18.9. The molecule has 0 atom stereocenters. The van der Waals surface area contributed by atoms with Crippen molar-refractivity contribution in [2.75, 3.05) is 0 Å². The third-order valence-electron chi connectivity index (χ3n) is 3.72. The summed E-state index contributed by atoms with van der Waals surface area (Å²) in [7, 11) is 0. The van der Waals surface area contributed by atoms with Gasteiger partial charge in [0.1, 0.15) is 16.7 Å². The van der Waals surface area contributed by atoms with Gasteiger partial charge in [0.15, 0.2) is 5.58 Å². The minimum absolute atomic E-state index is 0.481. The van der Waals surface area contributed by atoms with Gasteiger partial charge in [0, 0.05) is 17.8 Å². The number of pyridine rings is 1. The van der Waals surface area contributed by atoms with E-state index in [-0.39, 0.29) is 0 Å². The summed E-state index contributed by atoms with van der Waals surface area (Å²) in [6.07, 6.45) is 4.58. The van der Waals surface area contributed by atoms with Crippen molar-refractivity contribution in [2.45, 2.75) is 0 Å². The lowest BCUT2D eigenvalue weighted by Gasteiger charge is -2.00. The van der Waals surface area contributed by atoms with Crippen molar-refractivity contribution in [3.05, 3.63) is 67.0 Å². The van der Waals surface area contributed by atoms with Crippen LogP contribution in [0, 0.1) is 12.3 Å². The molecule has 0 bridgehead atoms. The lowest BCUT2D eigenvalue weighted by Crippen LogP contribution is -1.87. The fourth-order valence-electron chi connectivity index (χ4n) is 2.60. The largest absolute Gasteiger partial charge is 0.436 e. The van der Waals surface area contributed by atoms with Crippen molar-refractivity contribution < 1.29 is 4.42 Å². The Labute approximate surface area is 141 Å². The third-order valence-corrected chi connectivity index (χ3v) is 4.77.